The Kier molecular flexibility index (Phi) is 8.48. The fraction of sp³-hybridized carbons (Fsp3) is 0.154. The molecule has 2 N–H and O–H groups in total. The fourth-order valence-electron chi connectivity index (χ4n) is 3.16. The normalized spacial score (nSPS) is 11.3. The van der Waals surface area contributed by atoms with E-state index in [1.807, 2.05) is 36.4 Å². The van der Waals surface area contributed by atoms with E-state index in [0.717, 1.165) is 29.9 Å². The highest BCUT2D eigenvalue weighted by Crippen LogP contribution is 2.16. The molecule has 0 aliphatic rings. The molecule has 2 aromatic carbocycles. The Morgan fingerprint density at radius 3 is 2.30 bits per heavy atom. The van der Waals surface area contributed by atoms with E-state index in [-0.39, 0.29) is 11.6 Å². The summed E-state index contributed by atoms with van der Waals surface area (Å²) in [5, 5.41) is 6.68. The molecular weight excluding hydrogens is 414 g/mol. The van der Waals surface area contributed by atoms with Gasteiger partial charge in [-0.1, -0.05) is 36.4 Å². The van der Waals surface area contributed by atoms with Crippen LogP contribution >= 0.6 is 0 Å². The Hall–Kier alpha value is -4.26. The van der Waals surface area contributed by atoms with Gasteiger partial charge in [-0.3, -0.25) is 14.6 Å². The number of hydrogen-bond acceptors (Lipinski definition) is 5. The largest absolute Gasteiger partial charge is 0.372 e. The van der Waals surface area contributed by atoms with Crippen molar-refractivity contribution in [1.82, 2.24) is 15.7 Å². The zero-order valence-electron chi connectivity index (χ0n) is 18.7. The highest BCUT2D eigenvalue weighted by molar-refractivity contribution is 6.05. The molecule has 0 unspecified atom stereocenters. The van der Waals surface area contributed by atoms with E-state index in [1.165, 1.54) is 6.21 Å². The van der Waals surface area contributed by atoms with Gasteiger partial charge in [-0.05, 0) is 55.8 Å². The summed E-state index contributed by atoms with van der Waals surface area (Å²) in [5.74, 6) is -0.916. The van der Waals surface area contributed by atoms with Crippen LogP contribution in [0.2, 0.25) is 0 Å². The molecule has 0 fully saturated rings. The third-order valence-corrected chi connectivity index (χ3v) is 4.93. The van der Waals surface area contributed by atoms with Crippen molar-refractivity contribution in [3.8, 4) is 0 Å². The Labute approximate surface area is 193 Å². The summed E-state index contributed by atoms with van der Waals surface area (Å²) in [6.45, 7) is 6.01. The molecule has 0 spiro atoms. The Morgan fingerprint density at radius 1 is 0.939 bits per heavy atom. The molecule has 7 nitrogen and oxygen atoms in total. The number of benzene rings is 2. The number of amides is 2. The van der Waals surface area contributed by atoms with E-state index in [9.17, 15) is 9.59 Å². The van der Waals surface area contributed by atoms with E-state index in [0.29, 0.717) is 5.56 Å². The van der Waals surface area contributed by atoms with Gasteiger partial charge in [-0.25, -0.2) is 5.43 Å². The summed E-state index contributed by atoms with van der Waals surface area (Å²) < 4.78 is 0. The lowest BCUT2D eigenvalue weighted by molar-refractivity contribution is -0.117. The summed E-state index contributed by atoms with van der Waals surface area (Å²) in [7, 11) is 0. The molecule has 7 heteroatoms. The van der Waals surface area contributed by atoms with Crippen molar-refractivity contribution < 1.29 is 9.59 Å². The zero-order chi connectivity index (χ0) is 23.5. The maximum absolute atomic E-state index is 12.8. The maximum Gasteiger partial charge on any atom is 0.287 e. The second-order valence-corrected chi connectivity index (χ2v) is 7.13. The van der Waals surface area contributed by atoms with Gasteiger partial charge in [0.1, 0.15) is 5.70 Å². The Balaban J connectivity index is 1.81. The molecule has 0 atom stereocenters. The van der Waals surface area contributed by atoms with E-state index < -0.39 is 5.91 Å². The molecule has 33 heavy (non-hydrogen) atoms. The van der Waals surface area contributed by atoms with E-state index >= 15 is 0 Å². The number of nitrogens with zero attached hydrogens (tertiary/aromatic N) is 3. The highest BCUT2D eigenvalue weighted by atomic mass is 16.2. The minimum Gasteiger partial charge on any atom is -0.372 e. The van der Waals surface area contributed by atoms with Gasteiger partial charge in [-0.2, -0.15) is 5.10 Å². The van der Waals surface area contributed by atoms with Crippen LogP contribution in [0.4, 0.5) is 5.69 Å². The van der Waals surface area contributed by atoms with Gasteiger partial charge in [0.05, 0.1) is 6.21 Å². The lowest BCUT2D eigenvalue weighted by Gasteiger charge is -2.20. The van der Waals surface area contributed by atoms with Gasteiger partial charge in [0.15, 0.2) is 0 Å². The fourth-order valence-corrected chi connectivity index (χ4v) is 3.16. The minimum absolute atomic E-state index is 0.0859. The van der Waals surface area contributed by atoms with Crippen LogP contribution in [-0.4, -0.2) is 36.1 Å². The van der Waals surface area contributed by atoms with E-state index in [1.54, 1.807) is 48.8 Å². The predicted molar refractivity (Wildman–Crippen MR) is 132 cm³/mol. The first-order valence-electron chi connectivity index (χ1n) is 10.8. The van der Waals surface area contributed by atoms with Crippen LogP contribution in [0, 0.1) is 0 Å². The van der Waals surface area contributed by atoms with Crippen molar-refractivity contribution in [3.05, 3.63) is 102 Å². The molecule has 1 heterocycles. The van der Waals surface area contributed by atoms with Crippen molar-refractivity contribution in [2.24, 2.45) is 5.10 Å². The standard InChI is InChI=1S/C26H27N5O2/c1-3-31(4-2)23-14-12-20(13-15-23)17-24(29-25(32)22-10-6-5-7-11-22)26(33)30-28-19-21-9-8-16-27-18-21/h5-19H,3-4H2,1-2H3,(H,29,32)(H,30,33)/b24-17-,28-19-. The van der Waals surface area contributed by atoms with E-state index in [4.69, 9.17) is 0 Å². The number of anilines is 1. The first-order valence-corrected chi connectivity index (χ1v) is 10.8. The van der Waals surface area contributed by atoms with Gasteiger partial charge in [0.25, 0.3) is 11.8 Å². The molecule has 0 aliphatic heterocycles. The number of nitrogens with one attached hydrogen (secondary N) is 2. The number of carbonyl (C=O) groups excluding carboxylic acids is 2. The molecule has 0 radical (unpaired) electrons. The first-order chi connectivity index (χ1) is 16.1. The van der Waals surface area contributed by atoms with Gasteiger partial charge < -0.3 is 10.2 Å². The lowest BCUT2D eigenvalue weighted by atomic mass is 10.1. The Bertz CT molecular complexity index is 1110. The molecule has 168 valence electrons. The number of carbonyl (C=O) groups is 2. The Morgan fingerprint density at radius 2 is 1.67 bits per heavy atom. The molecule has 0 saturated heterocycles. The molecule has 3 rings (SSSR count). The molecule has 1 aromatic heterocycles. The summed E-state index contributed by atoms with van der Waals surface area (Å²) in [6.07, 6.45) is 6.39. The topological polar surface area (TPSA) is 86.7 Å². The van der Waals surface area contributed by atoms with Crippen LogP contribution in [0.25, 0.3) is 6.08 Å². The third kappa shape index (κ3) is 6.87. The lowest BCUT2D eigenvalue weighted by Crippen LogP contribution is -2.32. The number of hydrogen-bond donors (Lipinski definition) is 2. The van der Waals surface area contributed by atoms with Crippen molar-refractivity contribution >= 4 is 29.8 Å². The first kappa shape index (κ1) is 23.4. The van der Waals surface area contributed by atoms with Crippen LogP contribution in [0.15, 0.2) is 89.9 Å². The molecule has 2 amide bonds. The second kappa shape index (κ2) is 12.0. The molecule has 0 saturated carbocycles. The minimum atomic E-state index is -0.535. The number of hydrazone groups is 1. The van der Waals surface area contributed by atoms with E-state index in [2.05, 4.69) is 39.6 Å². The average Bonchev–Trinajstić information content (AvgIpc) is 2.86. The third-order valence-electron chi connectivity index (χ3n) is 4.93. The van der Waals surface area contributed by atoms with Gasteiger partial charge in [0.2, 0.25) is 0 Å². The summed E-state index contributed by atoms with van der Waals surface area (Å²) >= 11 is 0. The van der Waals surface area contributed by atoms with Crippen LogP contribution in [-0.2, 0) is 4.79 Å². The summed E-state index contributed by atoms with van der Waals surface area (Å²) in [6, 6.07) is 20.1. The second-order valence-electron chi connectivity index (χ2n) is 7.13. The number of pyridine rings is 1. The van der Waals surface area contributed by atoms with Crippen LogP contribution in [0.5, 0.6) is 0 Å². The summed E-state index contributed by atoms with van der Waals surface area (Å²) in [4.78, 5) is 31.8. The highest BCUT2D eigenvalue weighted by Gasteiger charge is 2.14. The van der Waals surface area contributed by atoms with Crippen LogP contribution in [0.3, 0.4) is 0 Å². The van der Waals surface area contributed by atoms with Crippen molar-refractivity contribution in [2.45, 2.75) is 13.8 Å². The SMILES string of the molecule is CCN(CC)c1ccc(/C=C(\NC(=O)c2ccccc2)C(=O)N/N=C\c2cccnc2)cc1. The molecule has 0 bridgehead atoms. The smallest absolute Gasteiger partial charge is 0.287 e. The van der Waals surface area contributed by atoms with Crippen molar-refractivity contribution in [1.29, 1.82) is 0 Å². The maximum atomic E-state index is 12.8. The van der Waals surface area contributed by atoms with Gasteiger partial charge >= 0.3 is 0 Å². The molecule has 0 aliphatic carbocycles. The average molecular weight is 442 g/mol. The predicted octanol–water partition coefficient (Wildman–Crippen LogP) is 3.85. The number of aromatic nitrogens is 1. The van der Waals surface area contributed by atoms with Crippen LogP contribution < -0.4 is 15.6 Å². The van der Waals surface area contributed by atoms with Crippen LogP contribution in [0.1, 0.15) is 35.3 Å². The number of rotatable bonds is 9. The summed E-state index contributed by atoms with van der Waals surface area (Å²) in [5.41, 5.74) is 5.62. The molecular formula is C26H27N5O2. The van der Waals surface area contributed by atoms with Gasteiger partial charge in [-0.15, -0.1) is 0 Å². The zero-order valence-corrected chi connectivity index (χ0v) is 18.7. The molecule has 3 aromatic rings. The monoisotopic (exact) mass is 441 g/mol. The van der Waals surface area contributed by atoms with Crippen molar-refractivity contribution in [2.75, 3.05) is 18.0 Å². The van der Waals surface area contributed by atoms with Crippen molar-refractivity contribution in [3.63, 3.8) is 0 Å². The quantitative estimate of drug-likeness (QED) is 0.300. The van der Waals surface area contributed by atoms with Gasteiger partial charge in [0, 0.05) is 42.3 Å².